The molecule has 1 saturated heterocycles. The molecule has 1 aliphatic rings. The molecule has 0 aromatic heterocycles. The molecule has 2 unspecified atom stereocenters. The molecule has 0 amide bonds. The fraction of sp³-hybridized carbons (Fsp3) is 0.900. The van der Waals surface area contributed by atoms with Crippen molar-refractivity contribution in [2.24, 2.45) is 5.92 Å². The van der Waals surface area contributed by atoms with Crippen LogP contribution in [0, 0.1) is 5.92 Å². The van der Waals surface area contributed by atoms with Crippen molar-refractivity contribution in [3.8, 4) is 0 Å². The molecule has 0 aliphatic carbocycles. The summed E-state index contributed by atoms with van der Waals surface area (Å²) in [5, 5.41) is 9.00. The third-order valence-corrected chi connectivity index (χ3v) is 2.52. The third-order valence-electron chi connectivity index (χ3n) is 2.52. The second-order valence-electron chi connectivity index (χ2n) is 3.98. The molecule has 2 atom stereocenters. The maximum Gasteiger partial charge on any atom is 0.323 e. The molecule has 0 radical (unpaired) electrons. The molecule has 5 nitrogen and oxygen atoms in total. The lowest BCUT2D eigenvalue weighted by Gasteiger charge is -2.34. The molecule has 0 aromatic rings. The first-order valence-corrected chi connectivity index (χ1v) is 5.18. The number of rotatable bonds is 5. The SMILES string of the molecule is COCC(C)CN1CCOCC1C(=O)O. The van der Waals surface area contributed by atoms with Crippen LogP contribution in [-0.4, -0.2) is 62.0 Å². The molecule has 1 aliphatic heterocycles. The minimum absolute atomic E-state index is 0.287. The Kier molecular flexibility index (Phi) is 5.01. The highest BCUT2D eigenvalue weighted by molar-refractivity contribution is 5.73. The van der Waals surface area contributed by atoms with Crippen LogP contribution in [0.3, 0.4) is 0 Å². The number of carboxylic acid groups (broad SMARTS) is 1. The minimum Gasteiger partial charge on any atom is -0.480 e. The first-order valence-electron chi connectivity index (χ1n) is 5.18. The molecule has 0 aromatic carbocycles. The Morgan fingerprint density at radius 2 is 2.47 bits per heavy atom. The highest BCUT2D eigenvalue weighted by atomic mass is 16.5. The van der Waals surface area contributed by atoms with E-state index in [4.69, 9.17) is 14.6 Å². The Morgan fingerprint density at radius 3 is 3.07 bits per heavy atom. The van der Waals surface area contributed by atoms with E-state index in [1.54, 1.807) is 7.11 Å². The van der Waals surface area contributed by atoms with Gasteiger partial charge in [-0.2, -0.15) is 0 Å². The summed E-state index contributed by atoms with van der Waals surface area (Å²) < 4.78 is 10.2. The second-order valence-corrected chi connectivity index (χ2v) is 3.98. The van der Waals surface area contributed by atoms with Gasteiger partial charge in [0.1, 0.15) is 6.04 Å². The fourth-order valence-electron chi connectivity index (χ4n) is 1.82. The highest BCUT2D eigenvalue weighted by Crippen LogP contribution is 2.10. The summed E-state index contributed by atoms with van der Waals surface area (Å²) in [7, 11) is 1.66. The fourth-order valence-corrected chi connectivity index (χ4v) is 1.82. The van der Waals surface area contributed by atoms with E-state index in [-0.39, 0.29) is 6.61 Å². The summed E-state index contributed by atoms with van der Waals surface area (Å²) >= 11 is 0. The number of hydrogen-bond acceptors (Lipinski definition) is 4. The van der Waals surface area contributed by atoms with E-state index in [9.17, 15) is 4.79 Å². The lowest BCUT2D eigenvalue weighted by atomic mass is 10.1. The normalized spacial score (nSPS) is 25.1. The third kappa shape index (κ3) is 3.77. The van der Waals surface area contributed by atoms with Crippen molar-refractivity contribution in [2.45, 2.75) is 13.0 Å². The van der Waals surface area contributed by atoms with E-state index in [1.807, 2.05) is 4.90 Å². The monoisotopic (exact) mass is 217 g/mol. The molecular weight excluding hydrogens is 198 g/mol. The number of nitrogens with zero attached hydrogens (tertiary/aromatic N) is 1. The smallest absolute Gasteiger partial charge is 0.323 e. The molecule has 0 bridgehead atoms. The zero-order valence-electron chi connectivity index (χ0n) is 9.31. The lowest BCUT2D eigenvalue weighted by Crippen LogP contribution is -2.51. The Hall–Kier alpha value is -0.650. The average Bonchev–Trinajstić information content (AvgIpc) is 2.18. The minimum atomic E-state index is -0.806. The van der Waals surface area contributed by atoms with Gasteiger partial charge in [-0.25, -0.2) is 0 Å². The molecule has 0 saturated carbocycles. The van der Waals surface area contributed by atoms with Gasteiger partial charge in [0.2, 0.25) is 0 Å². The largest absolute Gasteiger partial charge is 0.480 e. The molecule has 5 heteroatoms. The van der Waals surface area contributed by atoms with Crippen molar-refractivity contribution in [1.82, 2.24) is 4.90 Å². The van der Waals surface area contributed by atoms with Crippen molar-refractivity contribution in [3.05, 3.63) is 0 Å². The van der Waals surface area contributed by atoms with E-state index >= 15 is 0 Å². The molecule has 1 N–H and O–H groups in total. The predicted octanol–water partition coefficient (Wildman–Crippen LogP) is 0.0543. The van der Waals surface area contributed by atoms with Crippen LogP contribution in [0.25, 0.3) is 0 Å². The number of morpholine rings is 1. The van der Waals surface area contributed by atoms with Gasteiger partial charge in [0.25, 0.3) is 0 Å². The van der Waals surface area contributed by atoms with Gasteiger partial charge in [0, 0.05) is 26.8 Å². The van der Waals surface area contributed by atoms with Gasteiger partial charge in [-0.1, -0.05) is 6.92 Å². The highest BCUT2D eigenvalue weighted by Gasteiger charge is 2.29. The van der Waals surface area contributed by atoms with Gasteiger partial charge in [-0.3, -0.25) is 9.69 Å². The van der Waals surface area contributed by atoms with E-state index in [0.717, 1.165) is 6.54 Å². The molecular formula is C10H19NO4. The maximum atomic E-state index is 11.0. The van der Waals surface area contributed by atoms with Crippen LogP contribution in [0.5, 0.6) is 0 Å². The summed E-state index contributed by atoms with van der Waals surface area (Å²) in [4.78, 5) is 12.9. The Bertz CT molecular complexity index is 210. The van der Waals surface area contributed by atoms with Crippen LogP contribution in [0.1, 0.15) is 6.92 Å². The standard InChI is InChI=1S/C10H19NO4/c1-8(6-14-2)5-11-3-4-15-7-9(11)10(12)13/h8-9H,3-7H2,1-2H3,(H,12,13). The summed E-state index contributed by atoms with van der Waals surface area (Å²) in [5.74, 6) is -0.464. The first kappa shape index (κ1) is 12.4. The molecule has 1 heterocycles. The quantitative estimate of drug-likeness (QED) is 0.705. The number of carbonyl (C=O) groups is 1. The summed E-state index contributed by atoms with van der Waals surface area (Å²) in [6, 6.07) is -0.502. The maximum absolute atomic E-state index is 11.0. The van der Waals surface area contributed by atoms with Crippen molar-refractivity contribution >= 4 is 5.97 Å². The number of methoxy groups -OCH3 is 1. The van der Waals surface area contributed by atoms with Crippen molar-refractivity contribution in [1.29, 1.82) is 0 Å². The van der Waals surface area contributed by atoms with Crippen LogP contribution in [0.15, 0.2) is 0 Å². The Labute approximate surface area is 90.0 Å². The predicted molar refractivity (Wildman–Crippen MR) is 54.9 cm³/mol. The van der Waals surface area contributed by atoms with E-state index < -0.39 is 12.0 Å². The summed E-state index contributed by atoms with van der Waals surface area (Å²) in [6.45, 7) is 5.04. The van der Waals surface area contributed by atoms with E-state index in [2.05, 4.69) is 6.92 Å². The zero-order chi connectivity index (χ0) is 11.3. The van der Waals surface area contributed by atoms with E-state index in [1.165, 1.54) is 0 Å². The van der Waals surface area contributed by atoms with Crippen LogP contribution >= 0.6 is 0 Å². The van der Waals surface area contributed by atoms with Gasteiger partial charge >= 0.3 is 5.97 Å². The van der Waals surface area contributed by atoms with Gasteiger partial charge in [0.15, 0.2) is 0 Å². The van der Waals surface area contributed by atoms with Crippen LogP contribution in [-0.2, 0) is 14.3 Å². The van der Waals surface area contributed by atoms with Crippen LogP contribution < -0.4 is 0 Å². The number of carboxylic acids is 1. The van der Waals surface area contributed by atoms with Crippen molar-refractivity contribution in [3.63, 3.8) is 0 Å². The summed E-state index contributed by atoms with van der Waals surface area (Å²) in [5.41, 5.74) is 0. The number of aliphatic carboxylic acids is 1. The molecule has 1 rings (SSSR count). The van der Waals surface area contributed by atoms with Gasteiger partial charge in [0.05, 0.1) is 13.2 Å². The first-order chi connectivity index (χ1) is 7.15. The van der Waals surface area contributed by atoms with Crippen LogP contribution in [0.4, 0.5) is 0 Å². The molecule has 15 heavy (non-hydrogen) atoms. The average molecular weight is 217 g/mol. The molecule has 88 valence electrons. The number of ether oxygens (including phenoxy) is 2. The topological polar surface area (TPSA) is 59.0 Å². The second kappa shape index (κ2) is 6.05. The van der Waals surface area contributed by atoms with Crippen molar-refractivity contribution in [2.75, 3.05) is 40.0 Å². The van der Waals surface area contributed by atoms with Gasteiger partial charge in [-0.05, 0) is 5.92 Å². The summed E-state index contributed by atoms with van der Waals surface area (Å²) in [6.07, 6.45) is 0. The van der Waals surface area contributed by atoms with Gasteiger partial charge < -0.3 is 14.6 Å². The van der Waals surface area contributed by atoms with Gasteiger partial charge in [-0.15, -0.1) is 0 Å². The lowest BCUT2D eigenvalue weighted by molar-refractivity contribution is -0.150. The Morgan fingerprint density at radius 1 is 1.73 bits per heavy atom. The van der Waals surface area contributed by atoms with Crippen LogP contribution in [0.2, 0.25) is 0 Å². The molecule has 0 spiro atoms. The number of hydrogen-bond donors (Lipinski definition) is 1. The Balaban J connectivity index is 2.45. The van der Waals surface area contributed by atoms with Crippen molar-refractivity contribution < 1.29 is 19.4 Å². The molecule has 1 fully saturated rings. The zero-order valence-corrected chi connectivity index (χ0v) is 9.31. The van der Waals surface area contributed by atoms with E-state index in [0.29, 0.717) is 25.7 Å².